The van der Waals surface area contributed by atoms with Crippen LogP contribution in [0.3, 0.4) is 0 Å². The van der Waals surface area contributed by atoms with Crippen LogP contribution >= 0.6 is 11.3 Å². The number of rotatable bonds is 1. The van der Waals surface area contributed by atoms with E-state index in [0.29, 0.717) is 0 Å². The molecule has 3 aromatic rings. The molecule has 1 heteroatoms. The zero-order valence-electron chi connectivity index (χ0n) is 11.5. The average molecular weight is 276 g/mol. The molecule has 0 atom stereocenters. The maximum absolute atomic E-state index is 2.37. The van der Waals surface area contributed by atoms with Crippen molar-refractivity contribution in [3.63, 3.8) is 0 Å². The van der Waals surface area contributed by atoms with E-state index in [0.717, 1.165) is 6.42 Å². The quantitative estimate of drug-likeness (QED) is 0.504. The minimum Gasteiger partial charge on any atom is -0.134 e. The number of benzene rings is 2. The minimum atomic E-state index is 1.16. The minimum absolute atomic E-state index is 1.16. The molecule has 4 rings (SSSR count). The summed E-state index contributed by atoms with van der Waals surface area (Å²) in [5.41, 5.74) is 4.15. The lowest BCUT2D eigenvalue weighted by atomic mass is 9.98. The zero-order chi connectivity index (χ0) is 13.5. The molecule has 0 fully saturated rings. The van der Waals surface area contributed by atoms with Crippen molar-refractivity contribution in [1.82, 2.24) is 0 Å². The SMILES string of the molecule is Cc1cccc2c1sc1c(C3=CCCC=C3)cccc12. The molecular formula is C19H16S. The van der Waals surface area contributed by atoms with Crippen molar-refractivity contribution in [2.45, 2.75) is 19.8 Å². The fourth-order valence-electron chi connectivity index (χ4n) is 3.00. The molecule has 0 unspecified atom stereocenters. The number of allylic oxidation sites excluding steroid dienone is 4. The molecule has 0 amide bonds. The van der Waals surface area contributed by atoms with Gasteiger partial charge in [-0.05, 0) is 36.5 Å². The maximum atomic E-state index is 2.37. The van der Waals surface area contributed by atoms with Crippen LogP contribution in [0.4, 0.5) is 0 Å². The predicted octanol–water partition coefficient (Wildman–Crippen LogP) is 6.10. The van der Waals surface area contributed by atoms with Gasteiger partial charge in [0.15, 0.2) is 0 Å². The van der Waals surface area contributed by atoms with Crippen LogP contribution < -0.4 is 0 Å². The molecular weight excluding hydrogens is 260 g/mol. The van der Waals surface area contributed by atoms with Crippen LogP contribution in [0, 0.1) is 6.92 Å². The lowest BCUT2D eigenvalue weighted by molar-refractivity contribution is 1.04. The first-order valence-electron chi connectivity index (χ1n) is 7.12. The Bertz CT molecular complexity index is 862. The smallest absolute Gasteiger partial charge is 0.0433 e. The van der Waals surface area contributed by atoms with Gasteiger partial charge in [-0.2, -0.15) is 0 Å². The Labute approximate surface area is 123 Å². The van der Waals surface area contributed by atoms with Gasteiger partial charge in [-0.25, -0.2) is 0 Å². The van der Waals surface area contributed by atoms with E-state index in [9.17, 15) is 0 Å². The largest absolute Gasteiger partial charge is 0.134 e. The first-order chi connectivity index (χ1) is 9.84. The average Bonchev–Trinajstić information content (AvgIpc) is 2.88. The summed E-state index contributed by atoms with van der Waals surface area (Å²) in [7, 11) is 0. The Hall–Kier alpha value is -1.86. The molecule has 0 nitrogen and oxygen atoms in total. The monoisotopic (exact) mass is 276 g/mol. The highest BCUT2D eigenvalue weighted by Gasteiger charge is 2.12. The van der Waals surface area contributed by atoms with Crippen molar-refractivity contribution in [3.8, 4) is 0 Å². The normalized spacial score (nSPS) is 14.9. The first-order valence-corrected chi connectivity index (χ1v) is 7.94. The lowest BCUT2D eigenvalue weighted by Gasteiger charge is -2.08. The third-order valence-corrected chi connectivity index (χ3v) is 5.42. The van der Waals surface area contributed by atoms with Gasteiger partial charge in [-0.15, -0.1) is 11.3 Å². The first kappa shape index (κ1) is 11.9. The standard InChI is InChI=1S/C19H16S/c1-13-7-5-11-16-17-12-6-10-15(19(17)20-18(13)16)14-8-3-2-4-9-14/h3,5-12H,2,4H2,1H3. The maximum Gasteiger partial charge on any atom is 0.0433 e. The van der Waals surface area contributed by atoms with E-state index in [4.69, 9.17) is 0 Å². The van der Waals surface area contributed by atoms with Crippen LogP contribution in [0.2, 0.25) is 0 Å². The number of hydrogen-bond donors (Lipinski definition) is 0. The second-order valence-electron chi connectivity index (χ2n) is 5.38. The topological polar surface area (TPSA) is 0 Å². The Kier molecular flexibility index (Phi) is 2.75. The summed E-state index contributed by atoms with van der Waals surface area (Å²) in [5, 5.41) is 2.79. The third kappa shape index (κ3) is 1.74. The molecule has 0 aliphatic heterocycles. The number of fused-ring (bicyclic) bond motifs is 3. The van der Waals surface area contributed by atoms with E-state index >= 15 is 0 Å². The van der Waals surface area contributed by atoms with E-state index in [1.165, 1.54) is 43.3 Å². The summed E-state index contributed by atoms with van der Waals surface area (Å²) >= 11 is 1.93. The van der Waals surface area contributed by atoms with Gasteiger partial charge >= 0.3 is 0 Å². The molecule has 98 valence electrons. The van der Waals surface area contributed by atoms with E-state index in [1.807, 2.05) is 11.3 Å². The van der Waals surface area contributed by atoms with Crippen molar-refractivity contribution in [1.29, 1.82) is 0 Å². The summed E-state index contributed by atoms with van der Waals surface area (Å²) in [6, 6.07) is 13.3. The molecule has 0 radical (unpaired) electrons. The van der Waals surface area contributed by atoms with Crippen LogP contribution in [0.1, 0.15) is 24.0 Å². The van der Waals surface area contributed by atoms with Crippen molar-refractivity contribution in [2.75, 3.05) is 0 Å². The molecule has 0 saturated heterocycles. The second kappa shape index (κ2) is 4.60. The summed E-state index contributed by atoms with van der Waals surface area (Å²) in [5.74, 6) is 0. The second-order valence-corrected chi connectivity index (χ2v) is 6.40. The van der Waals surface area contributed by atoms with Gasteiger partial charge in [0.1, 0.15) is 0 Å². The molecule has 20 heavy (non-hydrogen) atoms. The fraction of sp³-hybridized carbons (Fsp3) is 0.158. The zero-order valence-corrected chi connectivity index (χ0v) is 12.3. The fourth-order valence-corrected chi connectivity index (χ4v) is 4.31. The van der Waals surface area contributed by atoms with Gasteiger partial charge in [0.05, 0.1) is 0 Å². The van der Waals surface area contributed by atoms with E-state index < -0.39 is 0 Å². The lowest BCUT2D eigenvalue weighted by Crippen LogP contribution is -1.85. The van der Waals surface area contributed by atoms with Crippen LogP contribution in [-0.4, -0.2) is 0 Å². The van der Waals surface area contributed by atoms with Crippen LogP contribution in [0.15, 0.2) is 54.6 Å². The predicted molar refractivity (Wildman–Crippen MR) is 90.4 cm³/mol. The van der Waals surface area contributed by atoms with Gasteiger partial charge in [0.25, 0.3) is 0 Å². The molecule has 1 aliphatic carbocycles. The third-order valence-electron chi connectivity index (χ3n) is 4.03. The van der Waals surface area contributed by atoms with Gasteiger partial charge in [-0.1, -0.05) is 54.6 Å². The summed E-state index contributed by atoms with van der Waals surface area (Å²) in [4.78, 5) is 0. The molecule has 0 saturated carbocycles. The van der Waals surface area contributed by atoms with E-state index in [1.54, 1.807) is 0 Å². The van der Waals surface area contributed by atoms with Crippen molar-refractivity contribution < 1.29 is 0 Å². The highest BCUT2D eigenvalue weighted by Crippen LogP contribution is 2.40. The van der Waals surface area contributed by atoms with Gasteiger partial charge < -0.3 is 0 Å². The molecule has 0 bridgehead atoms. The van der Waals surface area contributed by atoms with E-state index in [2.05, 4.69) is 61.5 Å². The van der Waals surface area contributed by atoms with Gasteiger partial charge in [0.2, 0.25) is 0 Å². The Balaban J connectivity index is 2.08. The van der Waals surface area contributed by atoms with Crippen LogP contribution in [0.5, 0.6) is 0 Å². The molecule has 2 aromatic carbocycles. The van der Waals surface area contributed by atoms with Crippen LogP contribution in [-0.2, 0) is 0 Å². The highest BCUT2D eigenvalue weighted by molar-refractivity contribution is 7.26. The number of aryl methyl sites for hydroxylation is 1. The number of hydrogen-bond acceptors (Lipinski definition) is 1. The van der Waals surface area contributed by atoms with Crippen molar-refractivity contribution in [2.24, 2.45) is 0 Å². The van der Waals surface area contributed by atoms with Gasteiger partial charge in [-0.3, -0.25) is 0 Å². The highest BCUT2D eigenvalue weighted by atomic mass is 32.1. The molecule has 1 aliphatic rings. The molecule has 1 aromatic heterocycles. The van der Waals surface area contributed by atoms with Crippen molar-refractivity contribution >= 4 is 37.1 Å². The number of thiophene rings is 1. The summed E-state index contributed by atoms with van der Waals surface area (Å²) < 4.78 is 2.85. The Morgan fingerprint density at radius 3 is 2.50 bits per heavy atom. The Morgan fingerprint density at radius 1 is 0.900 bits per heavy atom. The van der Waals surface area contributed by atoms with Crippen molar-refractivity contribution in [3.05, 3.63) is 65.8 Å². The summed E-state index contributed by atoms with van der Waals surface area (Å²) in [6.45, 7) is 2.21. The van der Waals surface area contributed by atoms with Crippen LogP contribution in [0.25, 0.3) is 25.7 Å². The summed E-state index contributed by atoms with van der Waals surface area (Å²) in [6.07, 6.45) is 9.26. The Morgan fingerprint density at radius 2 is 1.70 bits per heavy atom. The molecule has 1 heterocycles. The van der Waals surface area contributed by atoms with E-state index in [-0.39, 0.29) is 0 Å². The van der Waals surface area contributed by atoms with Gasteiger partial charge in [0, 0.05) is 20.2 Å². The molecule has 0 spiro atoms. The molecule has 0 N–H and O–H groups in total.